The molecule has 0 spiro atoms. The van der Waals surface area contributed by atoms with Gasteiger partial charge in [-0.25, -0.2) is 0 Å². The maximum Gasteiger partial charge on any atom is 0.213 e. The molecule has 0 heterocycles. The van der Waals surface area contributed by atoms with E-state index in [-0.39, 0.29) is 0 Å². The Morgan fingerprint density at radius 3 is 2.76 bits per heavy atom. The Bertz CT molecular complexity index is 382. The van der Waals surface area contributed by atoms with Crippen LogP contribution in [-0.4, -0.2) is 30.9 Å². The maximum absolute atomic E-state index is 11.4. The van der Waals surface area contributed by atoms with Gasteiger partial charge >= 0.3 is 0 Å². The van der Waals surface area contributed by atoms with Crippen molar-refractivity contribution >= 4 is 23.3 Å². The monoisotopic (exact) mass is 255 g/mol. The van der Waals surface area contributed by atoms with E-state index in [1.165, 1.54) is 4.90 Å². The Morgan fingerprint density at radius 1 is 1.53 bits per heavy atom. The van der Waals surface area contributed by atoms with Crippen LogP contribution < -0.4 is 9.64 Å². The number of hydrogen-bond donors (Lipinski definition) is 0. The summed E-state index contributed by atoms with van der Waals surface area (Å²) in [7, 11) is 1.64. The number of ether oxygens (including phenoxy) is 1. The minimum absolute atomic E-state index is 0.592. The SMILES string of the molecule is CCCOc1ccc([S+](C)[O-])cc1N(C)C=O. The molecule has 0 aliphatic carbocycles. The maximum atomic E-state index is 11.4. The second-order valence-corrected chi connectivity index (χ2v) is 5.03. The first kappa shape index (κ1) is 13.9. The molecule has 0 N–H and O–H groups in total. The Labute approximate surface area is 105 Å². The zero-order valence-corrected chi connectivity index (χ0v) is 11.1. The molecular formula is C12H17NO3S. The number of hydrogen-bond acceptors (Lipinski definition) is 3. The number of carbonyl (C=O) groups is 1. The lowest BCUT2D eigenvalue weighted by Crippen LogP contribution is -2.16. The normalized spacial score (nSPS) is 12.0. The molecule has 1 amide bonds. The van der Waals surface area contributed by atoms with Gasteiger partial charge in [-0.3, -0.25) is 4.79 Å². The summed E-state index contributed by atoms with van der Waals surface area (Å²) in [6.45, 7) is 2.60. The highest BCUT2D eigenvalue weighted by atomic mass is 32.2. The van der Waals surface area contributed by atoms with Crippen LogP contribution in [0, 0.1) is 0 Å². The van der Waals surface area contributed by atoms with Crippen LogP contribution in [0.25, 0.3) is 0 Å². The first-order valence-corrected chi connectivity index (χ1v) is 6.94. The molecule has 0 saturated carbocycles. The molecule has 94 valence electrons. The van der Waals surface area contributed by atoms with Crippen molar-refractivity contribution in [2.75, 3.05) is 24.8 Å². The van der Waals surface area contributed by atoms with Gasteiger partial charge in [0.05, 0.1) is 12.3 Å². The first-order chi connectivity index (χ1) is 8.10. The van der Waals surface area contributed by atoms with Gasteiger partial charge in [0.2, 0.25) is 6.41 Å². The van der Waals surface area contributed by atoms with Gasteiger partial charge < -0.3 is 14.2 Å². The van der Waals surface area contributed by atoms with Gasteiger partial charge in [0.1, 0.15) is 12.0 Å². The van der Waals surface area contributed by atoms with Gasteiger partial charge in [-0.05, 0) is 29.7 Å². The largest absolute Gasteiger partial charge is 0.612 e. The number of rotatable bonds is 6. The van der Waals surface area contributed by atoms with Gasteiger partial charge in [-0.1, -0.05) is 6.92 Å². The van der Waals surface area contributed by atoms with Crippen LogP contribution in [0.5, 0.6) is 5.75 Å². The molecule has 1 aromatic carbocycles. The summed E-state index contributed by atoms with van der Waals surface area (Å²) in [6.07, 6.45) is 3.20. The van der Waals surface area contributed by atoms with Crippen LogP contribution in [0.3, 0.4) is 0 Å². The van der Waals surface area contributed by atoms with Crippen molar-refractivity contribution < 1.29 is 14.1 Å². The van der Waals surface area contributed by atoms with Crippen molar-refractivity contribution in [2.45, 2.75) is 18.2 Å². The lowest BCUT2D eigenvalue weighted by Gasteiger charge is -2.17. The van der Waals surface area contributed by atoms with E-state index in [0.717, 1.165) is 6.42 Å². The molecule has 0 aromatic heterocycles. The molecule has 4 nitrogen and oxygen atoms in total. The number of carbonyl (C=O) groups excluding carboxylic acids is 1. The molecule has 0 aliphatic heterocycles. The zero-order chi connectivity index (χ0) is 12.8. The van der Waals surface area contributed by atoms with Gasteiger partial charge in [0, 0.05) is 13.1 Å². The minimum Gasteiger partial charge on any atom is -0.612 e. The molecule has 0 aliphatic rings. The smallest absolute Gasteiger partial charge is 0.213 e. The van der Waals surface area contributed by atoms with Gasteiger partial charge in [-0.15, -0.1) is 0 Å². The Hall–Kier alpha value is -1.20. The summed E-state index contributed by atoms with van der Waals surface area (Å²) in [5.41, 5.74) is 0.640. The van der Waals surface area contributed by atoms with E-state index in [1.54, 1.807) is 31.5 Å². The van der Waals surface area contributed by atoms with Crippen LogP contribution in [0.15, 0.2) is 23.1 Å². The Kier molecular flexibility index (Phi) is 5.31. The first-order valence-electron chi connectivity index (χ1n) is 5.38. The fraction of sp³-hybridized carbons (Fsp3) is 0.417. The average Bonchev–Trinajstić information content (AvgIpc) is 2.35. The van der Waals surface area contributed by atoms with E-state index in [0.29, 0.717) is 29.3 Å². The van der Waals surface area contributed by atoms with Gasteiger partial charge in [0.25, 0.3) is 0 Å². The van der Waals surface area contributed by atoms with Crippen molar-refractivity contribution in [3.8, 4) is 5.75 Å². The highest BCUT2D eigenvalue weighted by Gasteiger charge is 2.13. The number of anilines is 1. The number of benzene rings is 1. The third-order valence-corrected chi connectivity index (χ3v) is 3.18. The van der Waals surface area contributed by atoms with E-state index in [4.69, 9.17) is 4.74 Å². The summed E-state index contributed by atoms with van der Waals surface area (Å²) in [5, 5.41) is 0. The van der Waals surface area contributed by atoms with Crippen LogP contribution >= 0.6 is 0 Å². The van der Waals surface area contributed by atoms with Gasteiger partial charge in [-0.2, -0.15) is 0 Å². The van der Waals surface area contributed by atoms with Crippen LogP contribution in [-0.2, 0) is 16.0 Å². The summed E-state index contributed by atoms with van der Waals surface area (Å²) < 4.78 is 16.9. The molecule has 0 radical (unpaired) electrons. The summed E-state index contributed by atoms with van der Waals surface area (Å²) >= 11 is -1.07. The topological polar surface area (TPSA) is 52.6 Å². The summed E-state index contributed by atoms with van der Waals surface area (Å²) in [6, 6.07) is 5.22. The van der Waals surface area contributed by atoms with Crippen molar-refractivity contribution in [1.82, 2.24) is 0 Å². The molecule has 0 saturated heterocycles. The molecule has 1 unspecified atom stereocenters. The second-order valence-electron chi connectivity index (χ2n) is 3.65. The highest BCUT2D eigenvalue weighted by molar-refractivity contribution is 7.90. The van der Waals surface area contributed by atoms with E-state index >= 15 is 0 Å². The quantitative estimate of drug-likeness (QED) is 0.575. The standard InChI is InChI=1S/C12H17NO3S/c1-4-7-16-12-6-5-10(17(3)15)8-11(12)13(2)9-14/h5-6,8-9H,4,7H2,1-3H3. The lowest BCUT2D eigenvalue weighted by atomic mass is 10.2. The zero-order valence-electron chi connectivity index (χ0n) is 10.3. The molecule has 1 atom stereocenters. The Morgan fingerprint density at radius 2 is 2.24 bits per heavy atom. The van der Waals surface area contributed by atoms with E-state index in [2.05, 4.69) is 0 Å². The van der Waals surface area contributed by atoms with E-state index in [1.807, 2.05) is 6.92 Å². The van der Waals surface area contributed by atoms with E-state index in [9.17, 15) is 9.35 Å². The highest BCUT2D eigenvalue weighted by Crippen LogP contribution is 2.30. The molecule has 17 heavy (non-hydrogen) atoms. The van der Waals surface area contributed by atoms with E-state index < -0.39 is 11.2 Å². The fourth-order valence-corrected chi connectivity index (χ4v) is 1.88. The predicted molar refractivity (Wildman–Crippen MR) is 69.0 cm³/mol. The van der Waals surface area contributed by atoms with Crippen LogP contribution in [0.1, 0.15) is 13.3 Å². The fourth-order valence-electron chi connectivity index (χ4n) is 1.34. The predicted octanol–water partition coefficient (Wildman–Crippen LogP) is 1.81. The summed E-state index contributed by atoms with van der Waals surface area (Å²) in [4.78, 5) is 12.9. The second kappa shape index (κ2) is 6.51. The molecule has 1 aromatic rings. The van der Waals surface area contributed by atoms with Crippen molar-refractivity contribution in [3.05, 3.63) is 18.2 Å². The molecular weight excluding hydrogens is 238 g/mol. The molecule has 5 heteroatoms. The van der Waals surface area contributed by atoms with Crippen LogP contribution in [0.4, 0.5) is 5.69 Å². The Balaban J connectivity index is 3.07. The molecule has 1 rings (SSSR count). The van der Waals surface area contributed by atoms with Crippen molar-refractivity contribution in [1.29, 1.82) is 0 Å². The number of nitrogens with zero attached hydrogens (tertiary/aromatic N) is 1. The van der Waals surface area contributed by atoms with Crippen molar-refractivity contribution in [3.63, 3.8) is 0 Å². The molecule has 0 fully saturated rings. The third kappa shape index (κ3) is 3.64. The third-order valence-electron chi connectivity index (χ3n) is 2.26. The minimum atomic E-state index is -1.07. The van der Waals surface area contributed by atoms with Gasteiger partial charge in [0.15, 0.2) is 4.90 Å². The lowest BCUT2D eigenvalue weighted by molar-refractivity contribution is -0.107. The van der Waals surface area contributed by atoms with Crippen molar-refractivity contribution in [2.24, 2.45) is 0 Å². The number of amides is 1. The molecule has 0 bridgehead atoms. The summed E-state index contributed by atoms with van der Waals surface area (Å²) in [5.74, 6) is 0.635. The van der Waals surface area contributed by atoms with Crippen LogP contribution in [0.2, 0.25) is 0 Å². The average molecular weight is 255 g/mol.